The minimum absolute atomic E-state index is 0.168. The van der Waals surface area contributed by atoms with Crippen molar-refractivity contribution in [2.24, 2.45) is 0 Å². The Kier molecular flexibility index (Phi) is 5.14. The summed E-state index contributed by atoms with van der Waals surface area (Å²) in [7, 11) is 0. The van der Waals surface area contributed by atoms with Crippen LogP contribution in [0.5, 0.6) is 0 Å². The minimum Gasteiger partial charge on any atom is -0.463 e. The van der Waals surface area contributed by atoms with Crippen LogP contribution in [-0.2, 0) is 19.6 Å². The molecule has 22 heavy (non-hydrogen) atoms. The minimum atomic E-state index is -1.84. The van der Waals surface area contributed by atoms with Crippen molar-refractivity contribution in [2.75, 3.05) is 6.61 Å². The topological polar surface area (TPSA) is 111 Å². The van der Waals surface area contributed by atoms with Gasteiger partial charge < -0.3 is 14.6 Å². The number of nitrogens with one attached hydrogen (secondary N) is 1. The van der Waals surface area contributed by atoms with Crippen molar-refractivity contribution in [3.63, 3.8) is 0 Å². The number of hydrogen-bond acceptors (Lipinski definition) is 6. The van der Waals surface area contributed by atoms with Crippen molar-refractivity contribution in [2.45, 2.75) is 36.9 Å². The summed E-state index contributed by atoms with van der Waals surface area (Å²) in [5, 5.41) is 10.1. The second-order valence-electron chi connectivity index (χ2n) is 4.76. The van der Waals surface area contributed by atoms with Gasteiger partial charge in [-0.15, -0.1) is 0 Å². The Morgan fingerprint density at radius 3 is 2.86 bits per heavy atom. The van der Waals surface area contributed by atoms with Gasteiger partial charge in [0.05, 0.1) is 0 Å². The number of aliphatic hydroxyl groups is 1. The lowest BCUT2D eigenvalue weighted by Crippen LogP contribution is -2.38. The second kappa shape index (κ2) is 6.71. The van der Waals surface area contributed by atoms with Crippen LogP contribution in [0.25, 0.3) is 0 Å². The summed E-state index contributed by atoms with van der Waals surface area (Å²) in [5.41, 5.74) is -1.20. The van der Waals surface area contributed by atoms with Crippen LogP contribution in [0.1, 0.15) is 18.7 Å². The largest absolute Gasteiger partial charge is 0.463 e. The molecule has 0 amide bonds. The number of ether oxygens (including phenoxy) is 2. The van der Waals surface area contributed by atoms with Crippen molar-refractivity contribution in [1.29, 1.82) is 0 Å². The highest BCUT2D eigenvalue weighted by molar-refractivity contribution is 9.08. The molecule has 0 unspecified atom stereocenters. The number of hydrogen-bond donors (Lipinski definition) is 2. The molecular weight excluding hydrogens is 367 g/mol. The molecule has 0 saturated carbocycles. The Bertz CT molecular complexity index is 674. The van der Waals surface area contributed by atoms with Crippen molar-refractivity contribution in [1.82, 2.24) is 9.55 Å². The number of aliphatic hydroxyl groups excluding tert-OH is 1. The number of esters is 1. The van der Waals surface area contributed by atoms with E-state index in [-0.39, 0.29) is 17.5 Å². The van der Waals surface area contributed by atoms with Gasteiger partial charge in [-0.25, -0.2) is 9.18 Å². The number of rotatable bonds is 4. The average molecular weight is 381 g/mol. The molecule has 0 bridgehead atoms. The molecule has 0 aromatic carbocycles. The van der Waals surface area contributed by atoms with Crippen LogP contribution in [0.2, 0.25) is 0 Å². The molecule has 2 rings (SSSR count). The summed E-state index contributed by atoms with van der Waals surface area (Å²) in [6.07, 6.45) is -4.80. The van der Waals surface area contributed by atoms with Gasteiger partial charge in [0, 0.05) is 24.0 Å². The molecule has 2 N–H and O–H groups in total. The molecule has 1 fully saturated rings. The fraction of sp³-hybridized carbons (Fsp3) is 0.583. The number of nitrogens with zero attached hydrogens (tertiary/aromatic N) is 1. The quantitative estimate of drug-likeness (QED) is 0.542. The highest BCUT2D eigenvalue weighted by atomic mass is 79.9. The zero-order chi connectivity index (χ0) is 16.4. The maximum Gasteiger partial charge on any atom is 0.330 e. The van der Waals surface area contributed by atoms with Gasteiger partial charge in [-0.3, -0.25) is 19.1 Å². The smallest absolute Gasteiger partial charge is 0.330 e. The fourth-order valence-electron chi connectivity index (χ4n) is 2.08. The number of carbonyl (C=O) groups excluding carboxylic acids is 1. The number of H-pyrrole nitrogens is 1. The zero-order valence-corrected chi connectivity index (χ0v) is 13.1. The van der Waals surface area contributed by atoms with Crippen LogP contribution in [0, 0.1) is 0 Å². The first-order valence-electron chi connectivity index (χ1n) is 6.36. The molecule has 10 heteroatoms. The van der Waals surface area contributed by atoms with Gasteiger partial charge in [-0.05, 0) is 0 Å². The molecule has 2 heterocycles. The Morgan fingerprint density at radius 2 is 2.27 bits per heavy atom. The van der Waals surface area contributed by atoms with E-state index in [0.29, 0.717) is 0 Å². The predicted molar refractivity (Wildman–Crippen MR) is 75.4 cm³/mol. The first kappa shape index (κ1) is 16.8. The Morgan fingerprint density at radius 1 is 1.59 bits per heavy atom. The fourth-order valence-corrected chi connectivity index (χ4v) is 2.48. The lowest BCUT2D eigenvalue weighted by Gasteiger charge is -2.17. The Labute approximate surface area is 132 Å². The number of aromatic nitrogens is 2. The molecule has 1 aromatic heterocycles. The van der Waals surface area contributed by atoms with Gasteiger partial charge in [-0.2, -0.15) is 0 Å². The van der Waals surface area contributed by atoms with E-state index in [2.05, 4.69) is 25.7 Å². The van der Waals surface area contributed by atoms with Crippen molar-refractivity contribution < 1.29 is 23.8 Å². The van der Waals surface area contributed by atoms with Crippen molar-refractivity contribution >= 4 is 21.9 Å². The zero-order valence-electron chi connectivity index (χ0n) is 11.5. The van der Waals surface area contributed by atoms with Crippen molar-refractivity contribution in [3.8, 4) is 0 Å². The molecule has 1 aliphatic rings. The predicted octanol–water partition coefficient (Wildman–Crippen LogP) is -0.409. The summed E-state index contributed by atoms with van der Waals surface area (Å²) in [6, 6.07) is 0. The maximum atomic E-state index is 14.0. The average Bonchev–Trinajstić information content (AvgIpc) is 2.73. The number of halogens is 2. The van der Waals surface area contributed by atoms with E-state index in [9.17, 15) is 23.9 Å². The maximum absolute atomic E-state index is 14.0. The van der Waals surface area contributed by atoms with Crippen LogP contribution < -0.4 is 11.2 Å². The Balaban J connectivity index is 2.28. The lowest BCUT2D eigenvalue weighted by molar-refractivity contribution is -0.146. The normalized spacial score (nSPS) is 27.8. The highest BCUT2D eigenvalue weighted by Gasteiger charge is 2.46. The highest BCUT2D eigenvalue weighted by Crippen LogP contribution is 2.30. The monoisotopic (exact) mass is 380 g/mol. The molecule has 4 atom stereocenters. The molecule has 0 spiro atoms. The van der Waals surface area contributed by atoms with Crippen LogP contribution in [0.4, 0.5) is 4.39 Å². The summed E-state index contributed by atoms with van der Waals surface area (Å²) in [5.74, 6) is -0.614. The van der Waals surface area contributed by atoms with Gasteiger partial charge in [-0.1, -0.05) is 15.9 Å². The van der Waals surface area contributed by atoms with E-state index >= 15 is 0 Å². The van der Waals surface area contributed by atoms with Crippen LogP contribution in [0.3, 0.4) is 0 Å². The van der Waals surface area contributed by atoms with Gasteiger partial charge >= 0.3 is 11.7 Å². The third kappa shape index (κ3) is 3.28. The van der Waals surface area contributed by atoms with Gasteiger partial charge in [0.2, 0.25) is 0 Å². The second-order valence-corrected chi connectivity index (χ2v) is 5.32. The molecule has 0 aliphatic carbocycles. The first-order chi connectivity index (χ1) is 10.3. The van der Waals surface area contributed by atoms with E-state index in [1.807, 2.05) is 0 Å². The lowest BCUT2D eigenvalue weighted by atomic mass is 10.1. The molecule has 0 radical (unpaired) electrons. The standard InChI is InChI=1S/C12H14BrFN2O6/c1-5(17)21-4-7-8(14)9(18)11(22-7)16-3-6(2-13)10(19)15-12(16)20/h3,7-9,11,18H,2,4H2,1H3,(H,15,19,20)/t7-,8-,9-,11-/m1/s1. The Hall–Kier alpha value is -1.52. The summed E-state index contributed by atoms with van der Waals surface area (Å²) in [4.78, 5) is 36.1. The molecule has 122 valence electrons. The summed E-state index contributed by atoms with van der Waals surface area (Å²) >= 11 is 3.09. The van der Waals surface area contributed by atoms with E-state index in [1.165, 1.54) is 6.20 Å². The number of carbonyl (C=O) groups is 1. The number of aromatic amines is 1. The molecule has 1 aromatic rings. The van der Waals surface area contributed by atoms with Crippen LogP contribution >= 0.6 is 15.9 Å². The van der Waals surface area contributed by atoms with Crippen molar-refractivity contribution in [3.05, 3.63) is 32.6 Å². The van der Waals surface area contributed by atoms with Gasteiger partial charge in [0.25, 0.3) is 5.56 Å². The van der Waals surface area contributed by atoms with Crippen LogP contribution in [-0.4, -0.2) is 45.6 Å². The number of alkyl halides is 2. The SMILES string of the molecule is CC(=O)OC[C@H]1O[C@@H](n2cc(CBr)c(=O)[nH]c2=O)[C@H](O)[C@@H]1F. The molecule has 8 nitrogen and oxygen atoms in total. The third-order valence-corrected chi connectivity index (χ3v) is 3.80. The van der Waals surface area contributed by atoms with E-state index < -0.39 is 41.8 Å². The van der Waals surface area contributed by atoms with Gasteiger partial charge in [0.1, 0.15) is 18.8 Å². The first-order valence-corrected chi connectivity index (χ1v) is 7.48. The van der Waals surface area contributed by atoms with Gasteiger partial charge in [0.15, 0.2) is 12.4 Å². The molecule has 1 saturated heterocycles. The third-order valence-electron chi connectivity index (χ3n) is 3.20. The summed E-state index contributed by atoms with van der Waals surface area (Å²) < 4.78 is 24.8. The van der Waals surface area contributed by atoms with E-state index in [0.717, 1.165) is 11.5 Å². The molecular formula is C12H14BrFN2O6. The van der Waals surface area contributed by atoms with E-state index in [4.69, 9.17) is 4.74 Å². The summed E-state index contributed by atoms with van der Waals surface area (Å²) in [6.45, 7) is 0.776. The molecule has 1 aliphatic heterocycles. The van der Waals surface area contributed by atoms with Crippen LogP contribution in [0.15, 0.2) is 15.8 Å². The van der Waals surface area contributed by atoms with E-state index in [1.54, 1.807) is 0 Å².